The van der Waals surface area contributed by atoms with E-state index in [2.05, 4.69) is 22.3 Å². The van der Waals surface area contributed by atoms with Crippen molar-refractivity contribution in [1.29, 1.82) is 0 Å². The van der Waals surface area contributed by atoms with Crippen LogP contribution in [0.2, 0.25) is 0 Å². The van der Waals surface area contributed by atoms with Crippen LogP contribution in [0.15, 0.2) is 18.2 Å². The summed E-state index contributed by atoms with van der Waals surface area (Å²) in [5, 5.41) is 3.72. The Bertz CT molecular complexity index is 473. The van der Waals surface area contributed by atoms with Crippen molar-refractivity contribution in [3.8, 4) is 11.5 Å². The molecule has 0 amide bonds. The lowest BCUT2D eigenvalue weighted by Crippen LogP contribution is -2.33. The third kappa shape index (κ3) is 2.55. The van der Waals surface area contributed by atoms with Crippen LogP contribution in [-0.2, 0) is 6.54 Å². The van der Waals surface area contributed by atoms with Gasteiger partial charge in [-0.1, -0.05) is 6.07 Å². The molecule has 0 spiro atoms. The summed E-state index contributed by atoms with van der Waals surface area (Å²) in [6, 6.07) is 7.80. The molecule has 1 aliphatic carbocycles. The van der Waals surface area contributed by atoms with Gasteiger partial charge in [-0.15, -0.1) is 0 Å². The number of nitrogens with one attached hydrogen (secondary N) is 1. The number of hydrogen-bond donors (Lipinski definition) is 1. The van der Waals surface area contributed by atoms with Gasteiger partial charge in [0.2, 0.25) is 6.79 Å². The first-order chi connectivity index (χ1) is 9.37. The first-order valence-corrected chi connectivity index (χ1v) is 7.24. The van der Waals surface area contributed by atoms with E-state index in [-0.39, 0.29) is 0 Å². The molecule has 1 unspecified atom stereocenters. The maximum atomic E-state index is 5.43. The number of fused-ring (bicyclic) bond motifs is 1. The molecule has 4 rings (SSSR count). The second kappa shape index (κ2) is 4.69. The molecule has 19 heavy (non-hydrogen) atoms. The molecule has 2 aliphatic heterocycles. The molecule has 0 bridgehead atoms. The first kappa shape index (κ1) is 11.6. The van der Waals surface area contributed by atoms with Crippen LogP contribution in [0, 0.1) is 0 Å². The predicted molar refractivity (Wildman–Crippen MR) is 72.4 cm³/mol. The normalized spacial score (nSPS) is 26.0. The van der Waals surface area contributed by atoms with Crippen LogP contribution in [0.5, 0.6) is 11.5 Å². The Morgan fingerprint density at radius 2 is 2.00 bits per heavy atom. The molecule has 1 saturated carbocycles. The van der Waals surface area contributed by atoms with Gasteiger partial charge in [-0.25, -0.2) is 0 Å². The van der Waals surface area contributed by atoms with Gasteiger partial charge in [-0.2, -0.15) is 0 Å². The maximum absolute atomic E-state index is 5.43. The molecule has 1 atom stereocenters. The Balaban J connectivity index is 1.36. The Morgan fingerprint density at radius 1 is 1.11 bits per heavy atom. The standard InChI is InChI=1S/C15H20N2O2/c1-4-14-15(19-10-18-14)7-11(1)8-17-6-5-13(9-17)16-12-2-3-12/h1,4,7,12-13,16H,2-3,5-6,8-10H2. The van der Waals surface area contributed by atoms with E-state index in [0.29, 0.717) is 12.8 Å². The molecule has 1 saturated heterocycles. The fraction of sp³-hybridized carbons (Fsp3) is 0.600. The highest BCUT2D eigenvalue weighted by molar-refractivity contribution is 5.44. The summed E-state index contributed by atoms with van der Waals surface area (Å²) in [6.45, 7) is 3.74. The van der Waals surface area contributed by atoms with Crippen LogP contribution in [0.1, 0.15) is 24.8 Å². The van der Waals surface area contributed by atoms with Crippen LogP contribution >= 0.6 is 0 Å². The number of likely N-dealkylation sites (tertiary alicyclic amines) is 1. The lowest BCUT2D eigenvalue weighted by Gasteiger charge is -2.16. The fourth-order valence-corrected chi connectivity index (χ4v) is 2.99. The lowest BCUT2D eigenvalue weighted by atomic mass is 10.2. The van der Waals surface area contributed by atoms with Gasteiger partial charge in [-0.05, 0) is 37.0 Å². The summed E-state index contributed by atoms with van der Waals surface area (Å²) in [7, 11) is 0. The average molecular weight is 260 g/mol. The highest BCUT2D eigenvalue weighted by Crippen LogP contribution is 2.33. The van der Waals surface area contributed by atoms with E-state index in [1.165, 1.54) is 37.9 Å². The van der Waals surface area contributed by atoms with Crippen LogP contribution in [0.3, 0.4) is 0 Å². The minimum absolute atomic E-state index is 0.357. The molecule has 4 heteroatoms. The fourth-order valence-electron chi connectivity index (χ4n) is 2.99. The van der Waals surface area contributed by atoms with Crippen molar-refractivity contribution in [2.75, 3.05) is 19.9 Å². The van der Waals surface area contributed by atoms with Crippen LogP contribution < -0.4 is 14.8 Å². The molecular formula is C15H20N2O2. The number of rotatable bonds is 4. The van der Waals surface area contributed by atoms with Crippen molar-refractivity contribution in [3.05, 3.63) is 23.8 Å². The van der Waals surface area contributed by atoms with Gasteiger partial charge in [0.15, 0.2) is 11.5 Å². The van der Waals surface area contributed by atoms with Gasteiger partial charge in [0.1, 0.15) is 0 Å². The monoisotopic (exact) mass is 260 g/mol. The number of ether oxygens (including phenoxy) is 2. The number of nitrogens with zero attached hydrogens (tertiary/aromatic N) is 1. The van der Waals surface area contributed by atoms with Gasteiger partial charge in [0, 0.05) is 31.7 Å². The molecule has 1 aromatic carbocycles. The Hall–Kier alpha value is -1.26. The zero-order valence-corrected chi connectivity index (χ0v) is 11.1. The van der Waals surface area contributed by atoms with Gasteiger partial charge in [0.05, 0.1) is 0 Å². The second-order valence-corrected chi connectivity index (χ2v) is 5.85. The van der Waals surface area contributed by atoms with Gasteiger partial charge < -0.3 is 14.8 Å². The minimum atomic E-state index is 0.357. The molecule has 102 valence electrons. The highest BCUT2D eigenvalue weighted by atomic mass is 16.7. The smallest absolute Gasteiger partial charge is 0.231 e. The second-order valence-electron chi connectivity index (χ2n) is 5.85. The van der Waals surface area contributed by atoms with Crippen LogP contribution in [0.25, 0.3) is 0 Å². The van der Waals surface area contributed by atoms with Crippen LogP contribution in [0.4, 0.5) is 0 Å². The Labute approximate surface area is 113 Å². The highest BCUT2D eigenvalue weighted by Gasteiger charge is 2.29. The molecule has 2 fully saturated rings. The molecule has 2 heterocycles. The van der Waals surface area contributed by atoms with Gasteiger partial charge >= 0.3 is 0 Å². The summed E-state index contributed by atoms with van der Waals surface area (Å²) in [6.07, 6.45) is 4.03. The largest absolute Gasteiger partial charge is 0.454 e. The molecule has 1 aromatic rings. The van der Waals surface area contributed by atoms with Crippen molar-refractivity contribution >= 4 is 0 Å². The summed E-state index contributed by atoms with van der Waals surface area (Å²) >= 11 is 0. The Kier molecular flexibility index (Phi) is 2.85. The van der Waals surface area contributed by atoms with E-state index in [4.69, 9.17) is 9.47 Å². The molecule has 3 aliphatic rings. The molecule has 0 aromatic heterocycles. The van der Waals surface area contributed by atoms with Crippen molar-refractivity contribution in [2.24, 2.45) is 0 Å². The molecule has 0 radical (unpaired) electrons. The predicted octanol–water partition coefficient (Wildman–Crippen LogP) is 1.74. The third-order valence-corrected chi connectivity index (χ3v) is 4.16. The maximum Gasteiger partial charge on any atom is 0.231 e. The summed E-state index contributed by atoms with van der Waals surface area (Å²) in [5.74, 6) is 1.77. The zero-order valence-electron chi connectivity index (χ0n) is 11.1. The van der Waals surface area contributed by atoms with Crippen molar-refractivity contribution in [1.82, 2.24) is 10.2 Å². The molecule has 4 nitrogen and oxygen atoms in total. The van der Waals surface area contributed by atoms with Crippen LogP contribution in [-0.4, -0.2) is 36.9 Å². The average Bonchev–Trinajstić information content (AvgIpc) is 2.93. The number of benzene rings is 1. The SMILES string of the molecule is c1cc2c(cc1CN1CCC(NC3CC3)C1)OCO2. The summed E-state index contributed by atoms with van der Waals surface area (Å²) in [4.78, 5) is 2.53. The summed E-state index contributed by atoms with van der Waals surface area (Å²) < 4.78 is 10.8. The van der Waals surface area contributed by atoms with Crippen molar-refractivity contribution < 1.29 is 9.47 Å². The topological polar surface area (TPSA) is 33.7 Å². The lowest BCUT2D eigenvalue weighted by molar-refractivity contribution is 0.174. The van der Waals surface area contributed by atoms with E-state index >= 15 is 0 Å². The zero-order chi connectivity index (χ0) is 12.7. The van der Waals surface area contributed by atoms with Gasteiger partial charge in [0.25, 0.3) is 0 Å². The first-order valence-electron chi connectivity index (χ1n) is 7.24. The van der Waals surface area contributed by atoms with Gasteiger partial charge in [-0.3, -0.25) is 4.90 Å². The molecular weight excluding hydrogens is 240 g/mol. The van der Waals surface area contributed by atoms with E-state index in [9.17, 15) is 0 Å². The summed E-state index contributed by atoms with van der Waals surface area (Å²) in [5.41, 5.74) is 1.32. The van der Waals surface area contributed by atoms with Crippen molar-refractivity contribution in [3.63, 3.8) is 0 Å². The van der Waals surface area contributed by atoms with E-state index < -0.39 is 0 Å². The Morgan fingerprint density at radius 3 is 2.89 bits per heavy atom. The quantitative estimate of drug-likeness (QED) is 0.894. The number of hydrogen-bond acceptors (Lipinski definition) is 4. The van der Waals surface area contributed by atoms with E-state index in [1.807, 2.05) is 6.07 Å². The minimum Gasteiger partial charge on any atom is -0.454 e. The van der Waals surface area contributed by atoms with E-state index in [1.54, 1.807) is 0 Å². The molecule has 1 N–H and O–H groups in total. The van der Waals surface area contributed by atoms with E-state index in [0.717, 1.165) is 24.1 Å². The van der Waals surface area contributed by atoms with Crippen molar-refractivity contribution in [2.45, 2.75) is 37.9 Å². The third-order valence-electron chi connectivity index (χ3n) is 4.16.